The van der Waals surface area contributed by atoms with Gasteiger partial charge in [-0.3, -0.25) is 9.59 Å². The van der Waals surface area contributed by atoms with E-state index in [1.165, 1.54) is 0 Å². The molecule has 196 valence electrons. The van der Waals surface area contributed by atoms with E-state index >= 15 is 0 Å². The largest absolute Gasteiger partial charge is 0.369 e. The van der Waals surface area contributed by atoms with Crippen LogP contribution in [-0.2, 0) is 16.0 Å². The van der Waals surface area contributed by atoms with Crippen molar-refractivity contribution in [1.82, 2.24) is 24.8 Å². The van der Waals surface area contributed by atoms with E-state index in [9.17, 15) is 9.59 Å². The first-order valence-electron chi connectivity index (χ1n) is 13.8. The lowest BCUT2D eigenvalue weighted by atomic mass is 9.57. The summed E-state index contributed by atoms with van der Waals surface area (Å²) >= 11 is 0. The van der Waals surface area contributed by atoms with Crippen LogP contribution in [-0.4, -0.2) is 50.1 Å². The van der Waals surface area contributed by atoms with Crippen molar-refractivity contribution < 1.29 is 9.59 Å². The molecule has 3 aromatic heterocycles. The van der Waals surface area contributed by atoms with E-state index in [1.807, 2.05) is 12.4 Å². The Hall–Kier alpha value is -3.23. The maximum Gasteiger partial charge on any atom is 0.228 e. The van der Waals surface area contributed by atoms with E-state index in [0.29, 0.717) is 12.0 Å². The number of nitrogens with one attached hydrogen (secondary N) is 2. The first-order valence-corrected chi connectivity index (χ1v) is 13.8. The van der Waals surface area contributed by atoms with Crippen molar-refractivity contribution in [3.8, 4) is 0 Å². The monoisotopic (exact) mass is 503 g/mol. The number of nitrogens with two attached hydrogens (primary N) is 1. The van der Waals surface area contributed by atoms with Gasteiger partial charge in [0.1, 0.15) is 17.0 Å². The molecular weight excluding hydrogens is 466 g/mol. The van der Waals surface area contributed by atoms with Gasteiger partial charge in [-0.1, -0.05) is 0 Å². The number of amides is 2. The molecule has 4 N–H and O–H groups in total. The van der Waals surface area contributed by atoms with Crippen LogP contribution in [0.3, 0.4) is 0 Å². The molecule has 4 aliphatic carbocycles. The SMILES string of the molecule is C=NCC[C@H]1CC[C@H](n2c(CC(=O)NC34CCC(C(N)=O)(CC3)CC4)nc3cnc4[nH]ccc4c32)CC1. The lowest BCUT2D eigenvalue weighted by Gasteiger charge is -2.52. The number of carbonyl (C=O) groups excluding carboxylic acids is 2. The number of primary amides is 1. The maximum absolute atomic E-state index is 13.5. The molecule has 0 aromatic carbocycles. The molecule has 3 heterocycles. The second kappa shape index (κ2) is 9.26. The van der Waals surface area contributed by atoms with Crippen molar-refractivity contribution in [1.29, 1.82) is 0 Å². The van der Waals surface area contributed by atoms with Gasteiger partial charge in [-0.2, -0.15) is 0 Å². The molecule has 9 nitrogen and oxygen atoms in total. The molecular formula is C28H37N7O2. The van der Waals surface area contributed by atoms with Crippen molar-refractivity contribution in [2.75, 3.05) is 6.54 Å². The van der Waals surface area contributed by atoms with E-state index in [-0.39, 0.29) is 29.2 Å². The standard InChI is InChI=1S/C28H37N7O2/c1-30-14-6-18-2-4-19(5-3-18)35-22(33-21-17-32-25-20(24(21)35)7-15-31-25)16-23(36)34-28-11-8-27(9-12-28,10-13-28)26(29)37/h7,15,17-19H,1-6,8-14,16H2,(H2,29,37)(H,31,32)(H,34,36)/t18-,19-,27?,28?. The van der Waals surface area contributed by atoms with Crippen molar-refractivity contribution in [2.24, 2.45) is 22.1 Å². The predicted molar refractivity (Wildman–Crippen MR) is 143 cm³/mol. The number of hydrogen-bond donors (Lipinski definition) is 3. The molecule has 9 heteroatoms. The number of nitrogens with zero attached hydrogens (tertiary/aromatic N) is 4. The van der Waals surface area contributed by atoms with Crippen LogP contribution in [0.25, 0.3) is 22.1 Å². The van der Waals surface area contributed by atoms with Crippen molar-refractivity contribution in [3.63, 3.8) is 0 Å². The van der Waals surface area contributed by atoms with Crippen molar-refractivity contribution >= 4 is 40.6 Å². The summed E-state index contributed by atoms with van der Waals surface area (Å²) in [6.45, 7) is 4.46. The third-order valence-electron chi connectivity index (χ3n) is 9.68. The van der Waals surface area contributed by atoms with Gasteiger partial charge in [0.15, 0.2) is 0 Å². The number of carbonyl (C=O) groups is 2. The molecule has 0 aliphatic heterocycles. The molecule has 4 saturated carbocycles. The number of imidazole rings is 1. The maximum atomic E-state index is 13.5. The Labute approximate surface area is 216 Å². The van der Waals surface area contributed by atoms with Gasteiger partial charge in [0.2, 0.25) is 11.8 Å². The van der Waals surface area contributed by atoms with Gasteiger partial charge in [0.25, 0.3) is 0 Å². The number of H-pyrrole nitrogens is 1. The molecule has 0 unspecified atom stereocenters. The highest BCUT2D eigenvalue weighted by molar-refractivity contribution is 6.01. The lowest BCUT2D eigenvalue weighted by molar-refractivity contribution is -0.136. The number of hydrogen-bond acceptors (Lipinski definition) is 5. The normalized spacial score (nSPS) is 29.5. The Morgan fingerprint density at radius 3 is 2.57 bits per heavy atom. The van der Waals surface area contributed by atoms with Crippen LogP contribution in [0.2, 0.25) is 0 Å². The smallest absolute Gasteiger partial charge is 0.228 e. The van der Waals surface area contributed by atoms with Gasteiger partial charge < -0.3 is 25.6 Å². The lowest BCUT2D eigenvalue weighted by Crippen LogP contribution is -2.59. The Morgan fingerprint density at radius 2 is 1.89 bits per heavy atom. The minimum atomic E-state index is -0.365. The van der Waals surface area contributed by atoms with Crippen LogP contribution in [0.1, 0.15) is 82.5 Å². The molecule has 37 heavy (non-hydrogen) atoms. The summed E-state index contributed by atoms with van der Waals surface area (Å²) < 4.78 is 2.34. The number of pyridine rings is 1. The van der Waals surface area contributed by atoms with Gasteiger partial charge in [-0.15, -0.1) is 0 Å². The first kappa shape index (κ1) is 24.1. The number of aliphatic imine (C=N–C) groups is 1. The Bertz CT molecular complexity index is 1320. The van der Waals surface area contributed by atoms with Gasteiger partial charge in [0.05, 0.1) is 18.1 Å². The van der Waals surface area contributed by atoms with Crippen molar-refractivity contribution in [3.05, 3.63) is 24.3 Å². The zero-order valence-corrected chi connectivity index (χ0v) is 21.5. The summed E-state index contributed by atoms with van der Waals surface area (Å²) in [4.78, 5) is 42.3. The van der Waals surface area contributed by atoms with E-state index in [0.717, 1.165) is 105 Å². The highest BCUT2D eigenvalue weighted by Gasteiger charge is 2.52. The van der Waals surface area contributed by atoms with Crippen LogP contribution >= 0.6 is 0 Å². The molecule has 0 atom stereocenters. The molecule has 0 radical (unpaired) electrons. The van der Waals surface area contributed by atoms with E-state index in [2.05, 4.69) is 37.6 Å². The Morgan fingerprint density at radius 1 is 1.16 bits per heavy atom. The summed E-state index contributed by atoms with van der Waals surface area (Å²) in [5.74, 6) is 1.32. The quantitative estimate of drug-likeness (QED) is 0.401. The van der Waals surface area contributed by atoms with E-state index in [1.54, 1.807) is 0 Å². The topological polar surface area (TPSA) is 131 Å². The molecule has 0 spiro atoms. The van der Waals surface area contributed by atoms with E-state index < -0.39 is 0 Å². The molecule has 4 aliphatic rings. The molecule has 0 saturated heterocycles. The van der Waals surface area contributed by atoms with Gasteiger partial charge >= 0.3 is 0 Å². The third kappa shape index (κ3) is 4.22. The number of aromatic amines is 1. The molecule has 2 bridgehead atoms. The minimum Gasteiger partial charge on any atom is -0.369 e. The number of aromatic nitrogens is 4. The van der Waals surface area contributed by atoms with Crippen molar-refractivity contribution in [2.45, 2.75) is 88.6 Å². The average Bonchev–Trinajstić information content (AvgIpc) is 3.52. The van der Waals surface area contributed by atoms with Crippen LogP contribution in [0.15, 0.2) is 23.5 Å². The summed E-state index contributed by atoms with van der Waals surface area (Å²) in [7, 11) is 0. The Balaban J connectivity index is 1.26. The number of fused-ring (bicyclic) bond motifs is 6. The highest BCUT2D eigenvalue weighted by Crippen LogP contribution is 2.52. The van der Waals surface area contributed by atoms with Gasteiger partial charge in [-0.05, 0) is 89.3 Å². The zero-order valence-electron chi connectivity index (χ0n) is 21.5. The molecule has 4 fully saturated rings. The predicted octanol–water partition coefficient (Wildman–Crippen LogP) is 3.97. The highest BCUT2D eigenvalue weighted by atomic mass is 16.2. The van der Waals surface area contributed by atoms with E-state index in [4.69, 9.17) is 10.7 Å². The average molecular weight is 504 g/mol. The fourth-order valence-electron chi connectivity index (χ4n) is 7.35. The molecule has 7 rings (SSSR count). The minimum absolute atomic E-state index is 0.00838. The molecule has 2 amide bonds. The van der Waals surface area contributed by atoms with Gasteiger partial charge in [-0.25, -0.2) is 9.97 Å². The summed E-state index contributed by atoms with van der Waals surface area (Å²) in [6, 6.07) is 2.36. The molecule has 3 aromatic rings. The second-order valence-corrected chi connectivity index (χ2v) is 11.7. The second-order valence-electron chi connectivity index (χ2n) is 11.7. The van der Waals surface area contributed by atoms with Crippen LogP contribution in [0.4, 0.5) is 0 Å². The fourth-order valence-corrected chi connectivity index (χ4v) is 7.35. The van der Waals surface area contributed by atoms with Crippen LogP contribution in [0.5, 0.6) is 0 Å². The summed E-state index contributed by atoms with van der Waals surface area (Å²) in [5, 5.41) is 4.43. The number of rotatable bonds is 8. The van der Waals surface area contributed by atoms with Crippen LogP contribution < -0.4 is 11.1 Å². The van der Waals surface area contributed by atoms with Crippen LogP contribution in [0, 0.1) is 11.3 Å². The third-order valence-corrected chi connectivity index (χ3v) is 9.68. The summed E-state index contributed by atoms with van der Waals surface area (Å²) in [5.41, 5.74) is 7.89. The fraction of sp³-hybridized carbons (Fsp3) is 0.607. The first-order chi connectivity index (χ1) is 17.9. The summed E-state index contributed by atoms with van der Waals surface area (Å²) in [6.07, 6.45) is 14.2. The Kier molecular flexibility index (Phi) is 6.04. The zero-order chi connectivity index (χ0) is 25.6. The van der Waals surface area contributed by atoms with Gasteiger partial charge in [0, 0.05) is 35.1 Å².